The van der Waals surface area contributed by atoms with Gasteiger partial charge in [0, 0.05) is 44.3 Å². The van der Waals surface area contributed by atoms with Crippen LogP contribution in [-0.2, 0) is 0 Å². The average Bonchev–Trinajstić information content (AvgIpc) is 2.76. The van der Waals surface area contributed by atoms with Crippen LogP contribution in [0.5, 0.6) is 5.75 Å². The van der Waals surface area contributed by atoms with E-state index < -0.39 is 0 Å². The molecule has 3 heterocycles. The third kappa shape index (κ3) is 4.25. The van der Waals surface area contributed by atoms with Crippen molar-refractivity contribution in [2.24, 2.45) is 0 Å². The Morgan fingerprint density at radius 3 is 2.32 bits per heavy atom. The molecule has 9 heteroatoms. The summed E-state index contributed by atoms with van der Waals surface area (Å²) in [5.74, 6) is 2.87. The van der Waals surface area contributed by atoms with Crippen LogP contribution in [0.4, 0.5) is 23.4 Å². The minimum Gasteiger partial charge on any atom is -0.494 e. The van der Waals surface area contributed by atoms with E-state index >= 15 is 0 Å². The van der Waals surface area contributed by atoms with E-state index in [9.17, 15) is 0 Å². The molecule has 144 valence electrons. The minimum atomic E-state index is 0.615. The van der Waals surface area contributed by atoms with E-state index in [1.54, 1.807) is 18.6 Å². The van der Waals surface area contributed by atoms with Gasteiger partial charge in [-0.3, -0.25) is 0 Å². The molecule has 9 nitrogen and oxygen atoms in total. The maximum atomic E-state index is 5.46. The molecule has 0 atom stereocenters. The molecule has 1 fully saturated rings. The number of hydrogen-bond acceptors (Lipinski definition) is 9. The van der Waals surface area contributed by atoms with Crippen molar-refractivity contribution in [3.05, 3.63) is 48.9 Å². The van der Waals surface area contributed by atoms with Crippen molar-refractivity contribution in [2.75, 3.05) is 47.9 Å². The predicted molar refractivity (Wildman–Crippen MR) is 107 cm³/mol. The zero-order valence-corrected chi connectivity index (χ0v) is 15.7. The number of hydrogen-bond donors (Lipinski definition) is 1. The van der Waals surface area contributed by atoms with Crippen molar-refractivity contribution in [2.45, 2.75) is 6.92 Å². The second kappa shape index (κ2) is 8.47. The number of benzene rings is 1. The SMILES string of the molecule is CCOc1ccc(Nc2cnnc(N3CCN(c4ncccn4)CC3)n2)cc1. The normalized spacial score (nSPS) is 14.0. The maximum absolute atomic E-state index is 5.46. The molecule has 1 aliphatic heterocycles. The number of ether oxygens (including phenoxy) is 1. The second-order valence-electron chi connectivity index (χ2n) is 6.25. The molecule has 1 saturated heterocycles. The first-order valence-corrected chi connectivity index (χ1v) is 9.28. The fraction of sp³-hybridized carbons (Fsp3) is 0.316. The van der Waals surface area contributed by atoms with Crippen LogP contribution in [0, 0.1) is 0 Å². The third-order valence-electron chi connectivity index (χ3n) is 4.38. The number of aromatic nitrogens is 5. The topological polar surface area (TPSA) is 92.2 Å². The first-order valence-electron chi connectivity index (χ1n) is 9.28. The Morgan fingerprint density at radius 1 is 0.964 bits per heavy atom. The fourth-order valence-corrected chi connectivity index (χ4v) is 3.00. The zero-order chi connectivity index (χ0) is 19.2. The number of anilines is 4. The molecule has 4 rings (SSSR count). The summed E-state index contributed by atoms with van der Waals surface area (Å²) in [7, 11) is 0. The molecule has 2 aromatic heterocycles. The van der Waals surface area contributed by atoms with E-state index in [0.717, 1.165) is 43.6 Å². The van der Waals surface area contributed by atoms with Crippen molar-refractivity contribution >= 4 is 23.4 Å². The van der Waals surface area contributed by atoms with Gasteiger partial charge >= 0.3 is 0 Å². The van der Waals surface area contributed by atoms with Crippen LogP contribution in [0.3, 0.4) is 0 Å². The van der Waals surface area contributed by atoms with E-state index in [0.29, 0.717) is 18.4 Å². The molecule has 0 saturated carbocycles. The molecule has 1 N–H and O–H groups in total. The predicted octanol–water partition coefficient (Wildman–Crippen LogP) is 2.13. The summed E-state index contributed by atoms with van der Waals surface area (Å²) in [6, 6.07) is 9.57. The lowest BCUT2D eigenvalue weighted by Gasteiger charge is -2.34. The van der Waals surface area contributed by atoms with E-state index in [1.807, 2.05) is 37.3 Å². The van der Waals surface area contributed by atoms with Crippen LogP contribution < -0.4 is 19.9 Å². The summed E-state index contributed by atoms with van der Waals surface area (Å²) < 4.78 is 5.46. The van der Waals surface area contributed by atoms with Crippen molar-refractivity contribution in [3.8, 4) is 5.75 Å². The van der Waals surface area contributed by atoms with E-state index in [1.165, 1.54) is 0 Å². The Bertz CT molecular complexity index is 882. The second-order valence-corrected chi connectivity index (χ2v) is 6.25. The molecule has 0 bridgehead atoms. The van der Waals surface area contributed by atoms with Gasteiger partial charge in [-0.05, 0) is 37.3 Å². The van der Waals surface area contributed by atoms with Crippen LogP contribution in [0.25, 0.3) is 0 Å². The Balaban J connectivity index is 1.39. The number of rotatable bonds is 6. The van der Waals surface area contributed by atoms with Gasteiger partial charge in [0.1, 0.15) is 5.75 Å². The van der Waals surface area contributed by atoms with Gasteiger partial charge < -0.3 is 19.9 Å². The Morgan fingerprint density at radius 2 is 1.64 bits per heavy atom. The Labute approximate surface area is 163 Å². The van der Waals surface area contributed by atoms with Gasteiger partial charge in [-0.1, -0.05) is 0 Å². The van der Waals surface area contributed by atoms with Gasteiger partial charge in [0.2, 0.25) is 11.9 Å². The van der Waals surface area contributed by atoms with Gasteiger partial charge in [0.05, 0.1) is 12.8 Å². The lowest BCUT2D eigenvalue weighted by Crippen LogP contribution is -2.47. The third-order valence-corrected chi connectivity index (χ3v) is 4.38. The van der Waals surface area contributed by atoms with Crippen LogP contribution in [0.1, 0.15) is 6.92 Å². The van der Waals surface area contributed by atoms with Crippen molar-refractivity contribution in [1.29, 1.82) is 0 Å². The van der Waals surface area contributed by atoms with Crippen molar-refractivity contribution in [3.63, 3.8) is 0 Å². The lowest BCUT2D eigenvalue weighted by atomic mass is 10.3. The summed E-state index contributed by atoms with van der Waals surface area (Å²) in [5.41, 5.74) is 0.918. The fourth-order valence-electron chi connectivity index (χ4n) is 3.00. The van der Waals surface area contributed by atoms with Gasteiger partial charge in [-0.2, -0.15) is 10.1 Å². The minimum absolute atomic E-state index is 0.615. The van der Waals surface area contributed by atoms with E-state index in [-0.39, 0.29) is 0 Å². The average molecular weight is 378 g/mol. The van der Waals surface area contributed by atoms with Gasteiger partial charge in [-0.15, -0.1) is 5.10 Å². The standard InChI is InChI=1S/C19H22N8O/c1-2-28-16-6-4-15(5-7-16)23-17-14-22-25-19(24-17)27-12-10-26(11-13-27)18-20-8-3-9-21-18/h3-9,14H,2,10-13H2,1H3,(H,23,24,25). The van der Waals surface area contributed by atoms with E-state index in [4.69, 9.17) is 4.74 Å². The summed E-state index contributed by atoms with van der Waals surface area (Å²) in [5, 5.41) is 11.6. The smallest absolute Gasteiger partial charge is 0.247 e. The molecule has 0 unspecified atom stereocenters. The molecule has 0 radical (unpaired) electrons. The zero-order valence-electron chi connectivity index (χ0n) is 15.7. The van der Waals surface area contributed by atoms with Gasteiger partial charge in [-0.25, -0.2) is 9.97 Å². The Hall–Kier alpha value is -3.49. The van der Waals surface area contributed by atoms with E-state index in [2.05, 4.69) is 40.3 Å². The lowest BCUT2D eigenvalue weighted by molar-refractivity contribution is 0.340. The highest BCUT2D eigenvalue weighted by Crippen LogP contribution is 2.20. The number of piperazine rings is 1. The van der Waals surface area contributed by atoms with Crippen LogP contribution in [0.15, 0.2) is 48.9 Å². The van der Waals surface area contributed by atoms with Crippen LogP contribution >= 0.6 is 0 Å². The van der Waals surface area contributed by atoms with Gasteiger partial charge in [0.25, 0.3) is 0 Å². The first kappa shape index (κ1) is 17.9. The molecule has 3 aromatic rings. The van der Waals surface area contributed by atoms with Crippen LogP contribution in [-0.4, -0.2) is 57.9 Å². The Kier molecular flexibility index (Phi) is 5.41. The highest BCUT2D eigenvalue weighted by molar-refractivity contribution is 5.57. The molecule has 0 amide bonds. The highest BCUT2D eigenvalue weighted by atomic mass is 16.5. The molecule has 28 heavy (non-hydrogen) atoms. The quantitative estimate of drug-likeness (QED) is 0.692. The number of nitrogens with zero attached hydrogens (tertiary/aromatic N) is 7. The largest absolute Gasteiger partial charge is 0.494 e. The van der Waals surface area contributed by atoms with Crippen molar-refractivity contribution in [1.82, 2.24) is 25.1 Å². The molecule has 0 aliphatic carbocycles. The van der Waals surface area contributed by atoms with Crippen LogP contribution in [0.2, 0.25) is 0 Å². The summed E-state index contributed by atoms with van der Waals surface area (Å²) >= 11 is 0. The van der Waals surface area contributed by atoms with Crippen molar-refractivity contribution < 1.29 is 4.74 Å². The van der Waals surface area contributed by atoms with Gasteiger partial charge in [0.15, 0.2) is 5.82 Å². The summed E-state index contributed by atoms with van der Waals surface area (Å²) in [6.45, 7) is 5.80. The monoisotopic (exact) mass is 378 g/mol. The molecular weight excluding hydrogens is 356 g/mol. The molecule has 1 aromatic carbocycles. The molecular formula is C19H22N8O. The summed E-state index contributed by atoms with van der Waals surface area (Å²) in [6.07, 6.45) is 5.14. The highest BCUT2D eigenvalue weighted by Gasteiger charge is 2.21. The number of nitrogens with one attached hydrogen (secondary N) is 1. The summed E-state index contributed by atoms with van der Waals surface area (Å²) in [4.78, 5) is 17.5. The molecule has 0 spiro atoms. The maximum Gasteiger partial charge on any atom is 0.247 e. The molecule has 1 aliphatic rings. The first-order chi connectivity index (χ1) is 13.8.